The van der Waals surface area contributed by atoms with Crippen LogP contribution < -0.4 is 5.32 Å². The number of nitrogens with one attached hydrogen (secondary N) is 1. The molecule has 3 nitrogen and oxygen atoms in total. The van der Waals surface area contributed by atoms with Gasteiger partial charge in [-0.3, -0.25) is 0 Å². The highest BCUT2D eigenvalue weighted by Crippen LogP contribution is 2.34. The smallest absolute Gasteiger partial charge is 0.169 e. The minimum atomic E-state index is -0.0879. The van der Waals surface area contributed by atoms with Crippen LogP contribution in [-0.2, 0) is 9.47 Å². The minimum Gasteiger partial charge on any atom is -0.352 e. The van der Waals surface area contributed by atoms with E-state index >= 15 is 0 Å². The molecule has 1 unspecified atom stereocenters. The van der Waals surface area contributed by atoms with Gasteiger partial charge < -0.3 is 14.8 Å². The van der Waals surface area contributed by atoms with Crippen molar-refractivity contribution in [3.63, 3.8) is 0 Å². The average molecular weight is 243 g/mol. The number of hydrogen-bond acceptors (Lipinski definition) is 3. The lowest BCUT2D eigenvalue weighted by Crippen LogP contribution is -2.42. The second-order valence-corrected chi connectivity index (χ2v) is 5.71. The molecule has 102 valence electrons. The predicted molar refractivity (Wildman–Crippen MR) is 71.1 cm³/mol. The van der Waals surface area contributed by atoms with Crippen molar-refractivity contribution in [3.05, 3.63) is 0 Å². The average Bonchev–Trinajstić information content (AvgIpc) is 2.25. The van der Waals surface area contributed by atoms with Gasteiger partial charge in [0, 0.05) is 25.8 Å². The quantitative estimate of drug-likeness (QED) is 0.697. The summed E-state index contributed by atoms with van der Waals surface area (Å²) in [6.45, 7) is 11.0. The summed E-state index contributed by atoms with van der Waals surface area (Å²) >= 11 is 0. The van der Waals surface area contributed by atoms with Crippen LogP contribution in [0.1, 0.15) is 53.4 Å². The van der Waals surface area contributed by atoms with Gasteiger partial charge in [-0.15, -0.1) is 0 Å². The van der Waals surface area contributed by atoms with E-state index in [1.165, 1.54) is 25.7 Å². The molecule has 1 atom stereocenters. The van der Waals surface area contributed by atoms with Crippen LogP contribution in [0.4, 0.5) is 0 Å². The van der Waals surface area contributed by atoms with Crippen molar-refractivity contribution in [1.82, 2.24) is 5.32 Å². The number of rotatable bonds is 7. The molecule has 1 N–H and O–H groups in total. The molecule has 1 fully saturated rings. The second-order valence-electron chi connectivity index (χ2n) is 5.71. The van der Waals surface area contributed by atoms with E-state index in [0.717, 1.165) is 6.54 Å². The molecule has 0 radical (unpaired) electrons. The zero-order valence-electron chi connectivity index (χ0n) is 11.9. The second kappa shape index (κ2) is 7.34. The molecule has 1 saturated carbocycles. The van der Waals surface area contributed by atoms with E-state index in [4.69, 9.17) is 9.47 Å². The third-order valence-corrected chi connectivity index (χ3v) is 3.48. The summed E-state index contributed by atoms with van der Waals surface area (Å²) in [5.41, 5.74) is 0.489. The lowest BCUT2D eigenvalue weighted by atomic mass is 9.75. The fraction of sp³-hybridized carbons (Fsp3) is 1.00. The summed E-state index contributed by atoms with van der Waals surface area (Å²) in [6, 6.07) is 0.627. The molecule has 1 rings (SSSR count). The van der Waals surface area contributed by atoms with E-state index < -0.39 is 0 Å². The molecule has 1 aliphatic carbocycles. The van der Waals surface area contributed by atoms with Gasteiger partial charge in [0.05, 0.1) is 0 Å². The zero-order chi connectivity index (χ0) is 12.7. The van der Waals surface area contributed by atoms with Crippen LogP contribution in [0.2, 0.25) is 0 Å². The van der Waals surface area contributed by atoms with Crippen molar-refractivity contribution in [2.75, 3.05) is 19.8 Å². The van der Waals surface area contributed by atoms with Gasteiger partial charge in [-0.1, -0.05) is 20.3 Å². The van der Waals surface area contributed by atoms with Crippen LogP contribution in [-0.4, -0.2) is 32.1 Å². The molecule has 3 heteroatoms. The molecule has 17 heavy (non-hydrogen) atoms. The van der Waals surface area contributed by atoms with Crippen LogP contribution in [0.15, 0.2) is 0 Å². The van der Waals surface area contributed by atoms with Gasteiger partial charge in [0.2, 0.25) is 0 Å². The fourth-order valence-electron chi connectivity index (χ4n) is 2.67. The zero-order valence-corrected chi connectivity index (χ0v) is 11.9. The summed E-state index contributed by atoms with van der Waals surface area (Å²) in [5.74, 6) is 0. The largest absolute Gasteiger partial charge is 0.352 e. The van der Waals surface area contributed by atoms with Crippen LogP contribution in [0.25, 0.3) is 0 Å². The Morgan fingerprint density at radius 3 is 2.41 bits per heavy atom. The van der Waals surface area contributed by atoms with Gasteiger partial charge in [-0.25, -0.2) is 0 Å². The highest BCUT2D eigenvalue weighted by Gasteiger charge is 2.27. The van der Waals surface area contributed by atoms with E-state index in [1.54, 1.807) is 0 Å². The minimum absolute atomic E-state index is 0.0879. The monoisotopic (exact) mass is 243 g/mol. The maximum absolute atomic E-state index is 5.54. The standard InChI is InChI=1S/C14H29NO2/c1-5-16-13(17-6-2)11-15-12-8-7-9-14(3,4)10-12/h12-13,15H,5-11H2,1-4H3. The number of ether oxygens (including phenoxy) is 2. The molecule has 1 aliphatic rings. The maximum Gasteiger partial charge on any atom is 0.169 e. The van der Waals surface area contributed by atoms with Crippen LogP contribution >= 0.6 is 0 Å². The highest BCUT2D eigenvalue weighted by atomic mass is 16.7. The molecule has 0 heterocycles. The number of hydrogen-bond donors (Lipinski definition) is 1. The predicted octanol–water partition coefficient (Wildman–Crippen LogP) is 2.94. The Kier molecular flexibility index (Phi) is 6.45. The summed E-state index contributed by atoms with van der Waals surface area (Å²) < 4.78 is 11.1. The molecule has 0 spiro atoms. The van der Waals surface area contributed by atoms with Gasteiger partial charge in [0.25, 0.3) is 0 Å². The molecule has 0 aliphatic heterocycles. The van der Waals surface area contributed by atoms with Crippen LogP contribution in [0, 0.1) is 5.41 Å². The summed E-state index contributed by atoms with van der Waals surface area (Å²) in [5, 5.41) is 3.60. The topological polar surface area (TPSA) is 30.5 Å². The Hall–Kier alpha value is -0.120. The molecular formula is C14H29NO2. The maximum atomic E-state index is 5.54. The molecule has 0 aromatic heterocycles. The first-order valence-corrected chi connectivity index (χ1v) is 7.04. The molecule has 0 aromatic carbocycles. The van der Waals surface area contributed by atoms with Crippen molar-refractivity contribution in [2.45, 2.75) is 65.7 Å². The van der Waals surface area contributed by atoms with Gasteiger partial charge in [0.15, 0.2) is 6.29 Å². The third kappa shape index (κ3) is 5.84. The van der Waals surface area contributed by atoms with E-state index in [0.29, 0.717) is 24.7 Å². The summed E-state index contributed by atoms with van der Waals surface area (Å²) in [6.07, 6.45) is 5.14. The Morgan fingerprint density at radius 1 is 1.24 bits per heavy atom. The first-order chi connectivity index (χ1) is 8.07. The first-order valence-electron chi connectivity index (χ1n) is 7.04. The lowest BCUT2D eigenvalue weighted by molar-refractivity contribution is -0.134. The molecular weight excluding hydrogens is 214 g/mol. The SMILES string of the molecule is CCOC(CNC1CCCC(C)(C)C1)OCC. The van der Waals surface area contributed by atoms with Crippen molar-refractivity contribution in [2.24, 2.45) is 5.41 Å². The first kappa shape index (κ1) is 14.9. The van der Waals surface area contributed by atoms with E-state index in [2.05, 4.69) is 19.2 Å². The van der Waals surface area contributed by atoms with E-state index in [9.17, 15) is 0 Å². The molecule has 0 aromatic rings. The van der Waals surface area contributed by atoms with Crippen molar-refractivity contribution in [1.29, 1.82) is 0 Å². The van der Waals surface area contributed by atoms with Crippen molar-refractivity contribution in [3.8, 4) is 0 Å². The van der Waals surface area contributed by atoms with Crippen molar-refractivity contribution >= 4 is 0 Å². The highest BCUT2D eigenvalue weighted by molar-refractivity contribution is 4.83. The Morgan fingerprint density at radius 2 is 1.88 bits per heavy atom. The Bertz CT molecular complexity index is 200. The van der Waals surface area contributed by atoms with Crippen LogP contribution in [0.5, 0.6) is 0 Å². The normalized spacial score (nSPS) is 24.2. The van der Waals surface area contributed by atoms with Gasteiger partial charge in [0.1, 0.15) is 0 Å². The lowest BCUT2D eigenvalue weighted by Gasteiger charge is -2.36. The Balaban J connectivity index is 2.27. The third-order valence-electron chi connectivity index (χ3n) is 3.48. The van der Waals surface area contributed by atoms with Crippen LogP contribution in [0.3, 0.4) is 0 Å². The van der Waals surface area contributed by atoms with Gasteiger partial charge in [-0.2, -0.15) is 0 Å². The molecule has 0 amide bonds. The van der Waals surface area contributed by atoms with Gasteiger partial charge >= 0.3 is 0 Å². The van der Waals surface area contributed by atoms with E-state index in [1.807, 2.05) is 13.8 Å². The van der Waals surface area contributed by atoms with Gasteiger partial charge in [-0.05, 0) is 38.5 Å². The summed E-state index contributed by atoms with van der Waals surface area (Å²) in [4.78, 5) is 0. The molecule has 0 bridgehead atoms. The van der Waals surface area contributed by atoms with Crippen molar-refractivity contribution < 1.29 is 9.47 Å². The fourth-order valence-corrected chi connectivity index (χ4v) is 2.67. The summed E-state index contributed by atoms with van der Waals surface area (Å²) in [7, 11) is 0. The Labute approximate surface area is 106 Å². The van der Waals surface area contributed by atoms with E-state index in [-0.39, 0.29) is 6.29 Å². The molecule has 0 saturated heterocycles.